The second kappa shape index (κ2) is 2.49. The largest absolute Gasteiger partial charge is 0.398 e. The molecule has 0 spiro atoms. The van der Waals surface area contributed by atoms with Crippen molar-refractivity contribution in [3.8, 4) is 0 Å². The molecule has 0 aliphatic rings. The highest BCUT2D eigenvalue weighted by Crippen LogP contribution is 2.24. The zero-order valence-corrected chi connectivity index (χ0v) is 6.11. The zero-order valence-electron chi connectivity index (χ0n) is 8.11. The normalized spacial score (nSPS) is 14.4. The van der Waals surface area contributed by atoms with E-state index in [-0.39, 0.29) is 5.69 Å². The van der Waals surface area contributed by atoms with E-state index in [4.69, 9.17) is 18.1 Å². The average molecular weight is 166 g/mol. The van der Waals surface area contributed by atoms with Crippen molar-refractivity contribution >= 4 is 16.7 Å². The van der Waals surface area contributed by atoms with Crippen molar-refractivity contribution in [3.63, 3.8) is 0 Å². The average Bonchev–Trinajstić information content (AvgIpc) is 2.47. The molecule has 1 heterocycles. The maximum atomic E-state index is 9.16. The predicted octanol–water partition coefficient (Wildman–Crippen LogP) is 0.902. The quantitative estimate of drug-likeness (QED) is 0.617. The van der Waals surface area contributed by atoms with Crippen LogP contribution in [-0.2, 0) is 6.56 Å². The third-order valence-electron chi connectivity index (χ3n) is 1.64. The van der Waals surface area contributed by atoms with Gasteiger partial charge in [-0.3, -0.25) is 0 Å². The minimum atomic E-state index is -2.54. The van der Waals surface area contributed by atoms with Gasteiger partial charge in [0.05, 0.1) is 14.7 Å². The van der Waals surface area contributed by atoms with E-state index in [2.05, 4.69) is 5.16 Å². The van der Waals surface area contributed by atoms with Crippen LogP contribution in [0.4, 0.5) is 5.69 Å². The van der Waals surface area contributed by atoms with Gasteiger partial charge in [0, 0.05) is 5.69 Å². The maximum absolute atomic E-state index is 9.16. The number of benzene rings is 1. The molecule has 2 rings (SSSR count). The summed E-state index contributed by atoms with van der Waals surface area (Å²) in [5.41, 5.74) is 6.12. The molecule has 0 aliphatic heterocycles. The molecule has 4 heteroatoms. The van der Waals surface area contributed by atoms with Gasteiger partial charge in [-0.1, -0.05) is 11.2 Å². The van der Waals surface area contributed by atoms with E-state index in [1.807, 2.05) is 0 Å². The highest BCUT2D eigenvalue weighted by molar-refractivity contribution is 5.90. The maximum Gasteiger partial charge on any atom is 0.169 e. The molecule has 0 amide bonds. The molecule has 0 atom stereocenters. The second-order valence-electron chi connectivity index (χ2n) is 2.36. The molecule has 0 unspecified atom stereocenters. The van der Waals surface area contributed by atoms with Crippen molar-refractivity contribution in [1.29, 1.82) is 0 Å². The van der Waals surface area contributed by atoms with Crippen molar-refractivity contribution in [2.45, 2.75) is 6.56 Å². The van der Waals surface area contributed by atoms with Crippen molar-refractivity contribution in [2.24, 2.45) is 0 Å². The van der Waals surface area contributed by atoms with Gasteiger partial charge in [-0.25, -0.2) is 0 Å². The molecule has 0 aliphatic carbocycles. The van der Waals surface area contributed by atoms with Crippen LogP contribution in [0.2, 0.25) is 0 Å². The Morgan fingerprint density at radius 3 is 3.25 bits per heavy atom. The molecule has 3 N–H and O–H groups in total. The number of nitrogens with zero attached hydrogens (tertiary/aromatic N) is 1. The SMILES string of the molecule is [2H]C([2H])(O)c1noc2cccc(N)c12. The summed E-state index contributed by atoms with van der Waals surface area (Å²) >= 11 is 0. The van der Waals surface area contributed by atoms with E-state index in [0.29, 0.717) is 16.7 Å². The lowest BCUT2D eigenvalue weighted by Gasteiger charge is -1.93. The van der Waals surface area contributed by atoms with Crippen molar-refractivity contribution in [1.82, 2.24) is 5.16 Å². The van der Waals surface area contributed by atoms with E-state index >= 15 is 0 Å². The highest BCUT2D eigenvalue weighted by Gasteiger charge is 2.08. The Morgan fingerprint density at radius 1 is 1.67 bits per heavy atom. The summed E-state index contributed by atoms with van der Waals surface area (Å²) in [6.45, 7) is -2.54. The molecule has 0 fully saturated rings. The third-order valence-corrected chi connectivity index (χ3v) is 1.64. The van der Waals surface area contributed by atoms with Crippen LogP contribution >= 0.6 is 0 Å². The first-order valence-electron chi connectivity index (χ1n) is 4.37. The van der Waals surface area contributed by atoms with Crippen LogP contribution in [-0.4, -0.2) is 10.3 Å². The van der Waals surface area contributed by atoms with Crippen molar-refractivity contribution < 1.29 is 12.4 Å². The van der Waals surface area contributed by atoms with Gasteiger partial charge in [0.1, 0.15) is 5.69 Å². The summed E-state index contributed by atoms with van der Waals surface area (Å²) < 4.78 is 19.1. The third kappa shape index (κ3) is 0.853. The van der Waals surface area contributed by atoms with Gasteiger partial charge in [0.15, 0.2) is 5.58 Å². The molecule has 62 valence electrons. The fourth-order valence-corrected chi connectivity index (χ4v) is 1.09. The monoisotopic (exact) mass is 166 g/mol. The number of hydrogen-bond acceptors (Lipinski definition) is 4. The Hall–Kier alpha value is -1.55. The standard InChI is InChI=1S/C8H8N2O2/c9-5-2-1-3-7-8(5)6(4-11)10-12-7/h1-3,11H,4,9H2/i4D2. The summed E-state index contributed by atoms with van der Waals surface area (Å²) in [5.74, 6) is 0. The van der Waals surface area contributed by atoms with Crippen LogP contribution in [0.5, 0.6) is 0 Å². The summed E-state index contributed by atoms with van der Waals surface area (Å²) in [7, 11) is 0. The number of hydrogen-bond donors (Lipinski definition) is 2. The lowest BCUT2D eigenvalue weighted by Crippen LogP contribution is -1.88. The van der Waals surface area contributed by atoms with Gasteiger partial charge < -0.3 is 15.4 Å². The van der Waals surface area contributed by atoms with E-state index in [0.717, 1.165) is 0 Å². The highest BCUT2D eigenvalue weighted by atomic mass is 16.5. The van der Waals surface area contributed by atoms with Crippen LogP contribution < -0.4 is 5.73 Å². The number of nitrogens with two attached hydrogens (primary N) is 1. The smallest absolute Gasteiger partial charge is 0.169 e. The Kier molecular flexibility index (Phi) is 1.07. The fraction of sp³-hybridized carbons (Fsp3) is 0.125. The first-order chi connectivity index (χ1) is 6.50. The number of aromatic nitrogens is 1. The minimum Gasteiger partial charge on any atom is -0.398 e. The van der Waals surface area contributed by atoms with Crippen LogP contribution in [0.15, 0.2) is 22.7 Å². The minimum absolute atomic E-state index is 0.189. The number of aliphatic hydroxyl groups is 1. The second-order valence-corrected chi connectivity index (χ2v) is 2.36. The molecule has 2 aromatic rings. The van der Waals surface area contributed by atoms with E-state index < -0.39 is 6.56 Å². The number of nitrogen functional groups attached to an aromatic ring is 1. The molecule has 12 heavy (non-hydrogen) atoms. The Balaban J connectivity index is 2.80. The Labute approximate surface area is 71.4 Å². The summed E-state index contributed by atoms with van der Waals surface area (Å²) in [6.07, 6.45) is 0. The summed E-state index contributed by atoms with van der Waals surface area (Å²) in [6, 6.07) is 4.86. The van der Waals surface area contributed by atoms with E-state index in [9.17, 15) is 0 Å². The van der Waals surface area contributed by atoms with Crippen LogP contribution in [0.3, 0.4) is 0 Å². The van der Waals surface area contributed by atoms with Gasteiger partial charge in [-0.15, -0.1) is 0 Å². The zero-order chi connectivity index (χ0) is 10.3. The van der Waals surface area contributed by atoms with Gasteiger partial charge in [0.25, 0.3) is 0 Å². The predicted molar refractivity (Wildman–Crippen MR) is 44.3 cm³/mol. The molecule has 0 radical (unpaired) electrons. The van der Waals surface area contributed by atoms with Crippen molar-refractivity contribution in [2.75, 3.05) is 5.73 Å². The summed E-state index contributed by atoms with van der Waals surface area (Å²) in [5, 5.41) is 12.9. The van der Waals surface area contributed by atoms with Crippen LogP contribution in [0.25, 0.3) is 11.0 Å². The van der Waals surface area contributed by atoms with Crippen LogP contribution in [0, 0.1) is 0 Å². The van der Waals surface area contributed by atoms with Gasteiger partial charge in [-0.2, -0.15) is 0 Å². The molecule has 1 aromatic carbocycles. The first kappa shape index (κ1) is 5.16. The van der Waals surface area contributed by atoms with Gasteiger partial charge in [0.2, 0.25) is 0 Å². The lowest BCUT2D eigenvalue weighted by atomic mass is 10.2. The lowest BCUT2D eigenvalue weighted by molar-refractivity contribution is 0.269. The molecule has 0 saturated carbocycles. The molecular formula is C8H8N2O2. The molecule has 4 nitrogen and oxygen atoms in total. The molecule has 1 aromatic heterocycles. The fourth-order valence-electron chi connectivity index (χ4n) is 1.09. The topological polar surface area (TPSA) is 72.3 Å². The van der Waals surface area contributed by atoms with Gasteiger partial charge >= 0.3 is 0 Å². The number of rotatable bonds is 1. The molecule has 0 saturated heterocycles. The first-order valence-corrected chi connectivity index (χ1v) is 3.37. The van der Waals surface area contributed by atoms with Crippen molar-refractivity contribution in [3.05, 3.63) is 23.9 Å². The molecular weight excluding hydrogens is 156 g/mol. The number of fused-ring (bicyclic) bond motifs is 1. The molecule has 0 bridgehead atoms. The Morgan fingerprint density at radius 2 is 2.50 bits per heavy atom. The van der Waals surface area contributed by atoms with E-state index in [1.54, 1.807) is 18.2 Å². The van der Waals surface area contributed by atoms with Crippen LogP contribution in [0.1, 0.15) is 8.44 Å². The van der Waals surface area contributed by atoms with Gasteiger partial charge in [-0.05, 0) is 12.1 Å². The summed E-state index contributed by atoms with van der Waals surface area (Å²) in [4.78, 5) is 0. The van der Waals surface area contributed by atoms with E-state index in [1.165, 1.54) is 0 Å². The Bertz CT molecular complexity index is 476. The number of anilines is 1.